The van der Waals surface area contributed by atoms with Gasteiger partial charge in [0.2, 0.25) is 0 Å². The maximum absolute atomic E-state index is 13.3. The Kier molecular flexibility index (Phi) is 3.28. The van der Waals surface area contributed by atoms with Gasteiger partial charge in [-0.05, 0) is 35.3 Å². The molecule has 3 nitrogen and oxygen atoms in total. The van der Waals surface area contributed by atoms with Gasteiger partial charge in [0.05, 0.1) is 18.8 Å². The Labute approximate surface area is 120 Å². The molecule has 3 rings (SSSR count). The van der Waals surface area contributed by atoms with Crippen molar-refractivity contribution in [3.05, 3.63) is 40.5 Å². The topological polar surface area (TPSA) is 29.5 Å². The van der Waals surface area contributed by atoms with E-state index in [4.69, 9.17) is 4.74 Å². The zero-order valence-electron chi connectivity index (χ0n) is 11.5. The number of benzene rings is 1. The van der Waals surface area contributed by atoms with Crippen LogP contribution in [0.15, 0.2) is 18.2 Å². The van der Waals surface area contributed by atoms with E-state index in [-0.39, 0.29) is 30.2 Å². The summed E-state index contributed by atoms with van der Waals surface area (Å²) >= 11 is 0. The Morgan fingerprint density at radius 2 is 2.05 bits per heavy atom. The summed E-state index contributed by atoms with van der Waals surface area (Å²) in [5, 5.41) is 0. The lowest BCUT2D eigenvalue weighted by atomic mass is 9.94. The van der Waals surface area contributed by atoms with E-state index < -0.39 is 11.7 Å². The van der Waals surface area contributed by atoms with E-state index in [0.717, 1.165) is 6.07 Å². The molecule has 0 radical (unpaired) electrons. The van der Waals surface area contributed by atoms with E-state index in [9.17, 15) is 18.0 Å². The average molecular weight is 297 g/mol. The van der Waals surface area contributed by atoms with Crippen molar-refractivity contribution < 1.29 is 22.7 Å². The predicted octanol–water partition coefficient (Wildman–Crippen LogP) is 3.09. The molecule has 0 atom stereocenters. The van der Waals surface area contributed by atoms with E-state index in [0.29, 0.717) is 24.2 Å². The molecule has 2 aliphatic rings. The number of carbonyl (C=O) groups is 1. The van der Waals surface area contributed by atoms with Crippen molar-refractivity contribution >= 4 is 11.5 Å². The lowest BCUT2D eigenvalue weighted by Crippen LogP contribution is -2.17. The van der Waals surface area contributed by atoms with Crippen LogP contribution in [0.4, 0.5) is 13.2 Å². The highest BCUT2D eigenvalue weighted by molar-refractivity contribution is 5.99. The van der Waals surface area contributed by atoms with Gasteiger partial charge in [-0.15, -0.1) is 0 Å². The van der Waals surface area contributed by atoms with Crippen molar-refractivity contribution in [1.82, 2.24) is 4.90 Å². The van der Waals surface area contributed by atoms with E-state index in [1.807, 2.05) is 6.08 Å². The third-order valence-corrected chi connectivity index (χ3v) is 3.81. The summed E-state index contributed by atoms with van der Waals surface area (Å²) in [5.74, 6) is -0.366. The number of hydrogen-bond donors (Lipinski definition) is 0. The fourth-order valence-electron chi connectivity index (χ4n) is 2.74. The van der Waals surface area contributed by atoms with Crippen LogP contribution in [0.1, 0.15) is 33.5 Å². The minimum absolute atomic E-state index is 0.00115. The van der Waals surface area contributed by atoms with Crippen LogP contribution in [0, 0.1) is 0 Å². The minimum atomic E-state index is -4.47. The van der Waals surface area contributed by atoms with Crippen LogP contribution in [0.5, 0.6) is 0 Å². The Morgan fingerprint density at radius 3 is 2.67 bits per heavy atom. The largest absolute Gasteiger partial charge is 0.416 e. The molecule has 1 amide bonds. The highest BCUT2D eigenvalue weighted by atomic mass is 19.4. The monoisotopic (exact) mass is 297 g/mol. The van der Waals surface area contributed by atoms with Gasteiger partial charge in [-0.25, -0.2) is 0 Å². The van der Waals surface area contributed by atoms with Gasteiger partial charge in [-0.3, -0.25) is 4.79 Å². The van der Waals surface area contributed by atoms with Crippen LogP contribution >= 0.6 is 0 Å². The number of ether oxygens (including phenoxy) is 1. The third kappa shape index (κ3) is 2.44. The van der Waals surface area contributed by atoms with Crippen molar-refractivity contribution in [3.63, 3.8) is 0 Å². The first-order valence-corrected chi connectivity index (χ1v) is 6.64. The van der Waals surface area contributed by atoms with Crippen molar-refractivity contribution in [3.8, 4) is 0 Å². The summed E-state index contributed by atoms with van der Waals surface area (Å²) in [6.45, 7) is 0.848. The number of alkyl halides is 3. The molecule has 0 spiro atoms. The highest BCUT2D eigenvalue weighted by Gasteiger charge is 2.39. The summed E-state index contributed by atoms with van der Waals surface area (Å²) in [7, 11) is 1.51. The molecule has 2 heterocycles. The smallest absolute Gasteiger partial charge is 0.376 e. The Bertz CT molecular complexity index is 635. The zero-order chi connectivity index (χ0) is 15.2. The van der Waals surface area contributed by atoms with Crippen LogP contribution in [-0.4, -0.2) is 31.1 Å². The molecular weight excluding hydrogens is 283 g/mol. The Balaban J connectivity index is 2.17. The van der Waals surface area contributed by atoms with Crippen molar-refractivity contribution in [1.29, 1.82) is 0 Å². The van der Waals surface area contributed by atoms with Gasteiger partial charge in [0, 0.05) is 19.2 Å². The van der Waals surface area contributed by atoms with E-state index >= 15 is 0 Å². The number of amides is 1. The van der Waals surface area contributed by atoms with Gasteiger partial charge in [0.15, 0.2) is 0 Å². The van der Waals surface area contributed by atoms with Crippen molar-refractivity contribution in [2.45, 2.75) is 19.1 Å². The van der Waals surface area contributed by atoms with Gasteiger partial charge in [-0.1, -0.05) is 6.08 Å². The predicted molar refractivity (Wildman–Crippen MR) is 70.7 cm³/mol. The van der Waals surface area contributed by atoms with Gasteiger partial charge < -0.3 is 9.64 Å². The average Bonchev–Trinajstić information content (AvgIpc) is 2.73. The normalized spacial score (nSPS) is 18.8. The number of carbonyl (C=O) groups excluding carboxylic acids is 1. The second-order valence-electron chi connectivity index (χ2n) is 5.28. The van der Waals surface area contributed by atoms with Crippen LogP contribution in [0.3, 0.4) is 0 Å². The first-order chi connectivity index (χ1) is 9.88. The number of nitrogens with zero attached hydrogens (tertiary/aromatic N) is 1. The standard InChI is InChI=1S/C15H14F3NO2/c1-19-7-12-11(14(19)20)5-10(6-13(12)15(16,17)18)9-3-2-4-21-8-9/h3,5-6H,2,4,7-8H2,1H3. The number of halogens is 3. The molecule has 1 aromatic rings. The van der Waals surface area contributed by atoms with Crippen LogP contribution in [0.2, 0.25) is 0 Å². The molecule has 112 valence electrons. The van der Waals surface area contributed by atoms with Gasteiger partial charge in [-0.2, -0.15) is 13.2 Å². The number of rotatable bonds is 1. The fourth-order valence-corrected chi connectivity index (χ4v) is 2.74. The molecule has 0 aromatic heterocycles. The molecule has 6 heteroatoms. The molecule has 0 fully saturated rings. The first kappa shape index (κ1) is 14.1. The van der Waals surface area contributed by atoms with E-state index in [2.05, 4.69) is 0 Å². The molecule has 0 saturated carbocycles. The molecule has 0 aliphatic carbocycles. The van der Waals surface area contributed by atoms with Crippen LogP contribution in [-0.2, 0) is 17.5 Å². The van der Waals surface area contributed by atoms with Crippen LogP contribution < -0.4 is 0 Å². The van der Waals surface area contributed by atoms with Crippen molar-refractivity contribution in [2.75, 3.05) is 20.3 Å². The maximum Gasteiger partial charge on any atom is 0.416 e. The lowest BCUT2D eigenvalue weighted by molar-refractivity contribution is -0.138. The van der Waals surface area contributed by atoms with Crippen LogP contribution in [0.25, 0.3) is 5.57 Å². The summed E-state index contributed by atoms with van der Waals surface area (Å²) in [4.78, 5) is 13.3. The summed E-state index contributed by atoms with van der Waals surface area (Å²) in [6.07, 6.45) is -1.93. The molecule has 0 saturated heterocycles. The molecule has 0 N–H and O–H groups in total. The third-order valence-electron chi connectivity index (χ3n) is 3.81. The van der Waals surface area contributed by atoms with Gasteiger partial charge >= 0.3 is 6.18 Å². The highest BCUT2D eigenvalue weighted by Crippen LogP contribution is 2.39. The SMILES string of the molecule is CN1Cc2c(cc(C3=CCCOC3)cc2C(F)(F)F)C1=O. The number of hydrogen-bond acceptors (Lipinski definition) is 2. The number of fused-ring (bicyclic) bond motifs is 1. The van der Waals surface area contributed by atoms with Crippen molar-refractivity contribution in [2.24, 2.45) is 0 Å². The molecule has 0 unspecified atom stereocenters. The molecular formula is C15H14F3NO2. The maximum atomic E-state index is 13.3. The van der Waals surface area contributed by atoms with E-state index in [1.54, 1.807) is 6.07 Å². The summed E-state index contributed by atoms with van der Waals surface area (Å²) in [6, 6.07) is 2.68. The molecule has 2 aliphatic heterocycles. The molecule has 0 bridgehead atoms. The Hall–Kier alpha value is -1.82. The minimum Gasteiger partial charge on any atom is -0.376 e. The second-order valence-corrected chi connectivity index (χ2v) is 5.28. The van der Waals surface area contributed by atoms with Gasteiger partial charge in [0.1, 0.15) is 0 Å². The fraction of sp³-hybridized carbons (Fsp3) is 0.400. The van der Waals surface area contributed by atoms with Gasteiger partial charge in [0.25, 0.3) is 5.91 Å². The second kappa shape index (κ2) is 4.87. The first-order valence-electron chi connectivity index (χ1n) is 6.64. The Morgan fingerprint density at radius 1 is 1.29 bits per heavy atom. The lowest BCUT2D eigenvalue weighted by Gasteiger charge is -2.17. The zero-order valence-corrected chi connectivity index (χ0v) is 11.5. The summed E-state index contributed by atoms with van der Waals surface area (Å²) < 4.78 is 45.1. The summed E-state index contributed by atoms with van der Waals surface area (Å²) in [5.41, 5.74) is 0.616. The quantitative estimate of drug-likeness (QED) is 0.797. The molecule has 21 heavy (non-hydrogen) atoms. The molecule has 1 aromatic carbocycles. The van der Waals surface area contributed by atoms with E-state index in [1.165, 1.54) is 11.9 Å².